The molecule has 0 aliphatic rings. The summed E-state index contributed by atoms with van der Waals surface area (Å²) in [5.74, 6) is 1.39. The zero-order valence-electron chi connectivity index (χ0n) is 10.6. The van der Waals surface area contributed by atoms with Crippen LogP contribution in [0.5, 0.6) is 0 Å². The number of aromatic amines is 1. The van der Waals surface area contributed by atoms with Gasteiger partial charge in [-0.3, -0.25) is 14.6 Å². The fourth-order valence-corrected chi connectivity index (χ4v) is 2.26. The topological polar surface area (TPSA) is 37.8 Å². The van der Waals surface area contributed by atoms with Crippen molar-refractivity contribution >= 4 is 11.8 Å². The molecule has 1 aromatic rings. The van der Waals surface area contributed by atoms with E-state index >= 15 is 0 Å². The van der Waals surface area contributed by atoms with Crippen molar-refractivity contribution in [1.29, 1.82) is 0 Å². The molecule has 1 aromatic heterocycles. The third-order valence-corrected chi connectivity index (χ3v) is 3.87. The van der Waals surface area contributed by atoms with Gasteiger partial charge in [0.15, 0.2) is 0 Å². The molecule has 4 heteroatoms. The Morgan fingerprint density at radius 3 is 2.69 bits per heavy atom. The maximum Gasteiger partial charge on any atom is 0.266 e. The third-order valence-electron chi connectivity index (χ3n) is 2.49. The van der Waals surface area contributed by atoms with Crippen LogP contribution in [0.15, 0.2) is 10.9 Å². The quantitative estimate of drug-likeness (QED) is 0.833. The van der Waals surface area contributed by atoms with Crippen molar-refractivity contribution in [2.45, 2.75) is 51.7 Å². The van der Waals surface area contributed by atoms with E-state index in [0.717, 1.165) is 18.0 Å². The smallest absolute Gasteiger partial charge is 0.266 e. The van der Waals surface area contributed by atoms with Gasteiger partial charge in [0.05, 0.1) is 0 Å². The second-order valence-electron chi connectivity index (χ2n) is 4.65. The van der Waals surface area contributed by atoms with E-state index in [1.165, 1.54) is 6.42 Å². The molecule has 1 atom stereocenters. The highest BCUT2D eigenvalue weighted by Gasteiger charge is 2.06. The van der Waals surface area contributed by atoms with Crippen LogP contribution in [-0.4, -0.2) is 15.0 Å². The summed E-state index contributed by atoms with van der Waals surface area (Å²) >= 11 is 1.89. The lowest BCUT2D eigenvalue weighted by Gasteiger charge is -2.07. The summed E-state index contributed by atoms with van der Waals surface area (Å²) < 4.78 is 1.71. The molecule has 0 saturated carbocycles. The number of nitrogens with zero attached hydrogens (tertiary/aromatic N) is 1. The lowest BCUT2D eigenvalue weighted by molar-refractivity contribution is 0.471. The van der Waals surface area contributed by atoms with Crippen molar-refractivity contribution in [2.24, 2.45) is 5.92 Å². The minimum atomic E-state index is 0.0912. The van der Waals surface area contributed by atoms with Crippen LogP contribution in [0, 0.1) is 5.92 Å². The van der Waals surface area contributed by atoms with E-state index in [1.807, 2.05) is 11.8 Å². The van der Waals surface area contributed by atoms with Crippen LogP contribution in [0.25, 0.3) is 0 Å². The Hall–Kier alpha value is -0.640. The number of nitrogens with one attached hydrogen (secondary N) is 1. The highest BCUT2D eigenvalue weighted by Crippen LogP contribution is 2.17. The summed E-state index contributed by atoms with van der Waals surface area (Å²) in [6, 6.07) is 1.72. The van der Waals surface area contributed by atoms with Gasteiger partial charge in [-0.05, 0) is 12.3 Å². The Bertz CT molecular complexity index is 367. The molecule has 1 N–H and O–H groups in total. The Labute approximate surface area is 102 Å². The number of hydrogen-bond acceptors (Lipinski definition) is 2. The molecule has 0 spiro atoms. The van der Waals surface area contributed by atoms with Crippen LogP contribution in [0.4, 0.5) is 0 Å². The summed E-state index contributed by atoms with van der Waals surface area (Å²) in [6.45, 7) is 9.40. The lowest BCUT2D eigenvalue weighted by Crippen LogP contribution is -2.18. The van der Waals surface area contributed by atoms with Gasteiger partial charge in [0.1, 0.15) is 0 Å². The predicted octanol–water partition coefficient (Wildman–Crippen LogP) is 2.86. The average Bonchev–Trinajstić information content (AvgIpc) is 2.55. The summed E-state index contributed by atoms with van der Waals surface area (Å²) in [4.78, 5) is 11.6. The van der Waals surface area contributed by atoms with Crippen LogP contribution in [0.2, 0.25) is 0 Å². The van der Waals surface area contributed by atoms with Crippen molar-refractivity contribution in [3.8, 4) is 0 Å². The van der Waals surface area contributed by atoms with Crippen LogP contribution in [0.3, 0.4) is 0 Å². The lowest BCUT2D eigenvalue weighted by atomic mass is 10.2. The first-order valence-corrected chi connectivity index (χ1v) is 6.98. The first-order chi connectivity index (χ1) is 7.52. The maximum absolute atomic E-state index is 11.6. The number of hydrogen-bond donors (Lipinski definition) is 1. The van der Waals surface area contributed by atoms with Crippen LogP contribution in [0.1, 0.15) is 39.8 Å². The summed E-state index contributed by atoms with van der Waals surface area (Å²) in [6.07, 6.45) is 1.17. The van der Waals surface area contributed by atoms with Crippen molar-refractivity contribution < 1.29 is 0 Å². The standard InChI is InChI=1S/C12H22N2OS/c1-5-10(4)16-8-11-6-12(15)14(13-11)7-9(2)3/h6,9-10,13H,5,7-8H2,1-4H3. The van der Waals surface area contributed by atoms with E-state index < -0.39 is 0 Å². The van der Waals surface area contributed by atoms with Gasteiger partial charge >= 0.3 is 0 Å². The molecular formula is C12H22N2OS. The van der Waals surface area contributed by atoms with E-state index in [-0.39, 0.29) is 5.56 Å². The monoisotopic (exact) mass is 242 g/mol. The molecule has 0 aliphatic carbocycles. The second kappa shape index (κ2) is 6.18. The van der Waals surface area contributed by atoms with Gasteiger partial charge in [0.2, 0.25) is 0 Å². The highest BCUT2D eigenvalue weighted by molar-refractivity contribution is 7.99. The molecule has 0 bridgehead atoms. The Balaban J connectivity index is 2.59. The molecule has 0 aliphatic heterocycles. The van der Waals surface area contributed by atoms with Crippen LogP contribution in [-0.2, 0) is 12.3 Å². The number of aromatic nitrogens is 2. The Kier molecular flexibility index (Phi) is 5.19. The second-order valence-corrected chi connectivity index (χ2v) is 6.08. The molecule has 0 saturated heterocycles. The van der Waals surface area contributed by atoms with Crippen molar-refractivity contribution in [3.05, 3.63) is 22.1 Å². The molecule has 1 unspecified atom stereocenters. The Morgan fingerprint density at radius 1 is 1.44 bits per heavy atom. The molecule has 1 rings (SSSR count). The van der Waals surface area contributed by atoms with Crippen molar-refractivity contribution in [1.82, 2.24) is 9.78 Å². The normalized spacial score (nSPS) is 13.3. The van der Waals surface area contributed by atoms with Crippen molar-refractivity contribution in [3.63, 3.8) is 0 Å². The van der Waals surface area contributed by atoms with Gasteiger partial charge < -0.3 is 0 Å². The summed E-state index contributed by atoms with van der Waals surface area (Å²) in [7, 11) is 0. The Morgan fingerprint density at radius 2 is 2.12 bits per heavy atom. The van der Waals surface area contributed by atoms with Crippen LogP contribution < -0.4 is 5.56 Å². The average molecular weight is 242 g/mol. The van der Waals surface area contributed by atoms with Gasteiger partial charge in [0, 0.05) is 29.3 Å². The molecule has 0 aromatic carbocycles. The van der Waals surface area contributed by atoms with Gasteiger partial charge in [-0.25, -0.2) is 0 Å². The molecule has 0 radical (unpaired) electrons. The molecule has 1 heterocycles. The van der Waals surface area contributed by atoms with Gasteiger partial charge in [0.25, 0.3) is 5.56 Å². The van der Waals surface area contributed by atoms with Crippen LogP contribution >= 0.6 is 11.8 Å². The number of H-pyrrole nitrogens is 1. The zero-order chi connectivity index (χ0) is 12.1. The molecular weight excluding hydrogens is 220 g/mol. The van der Waals surface area contributed by atoms with Gasteiger partial charge in [-0.2, -0.15) is 11.8 Å². The first kappa shape index (κ1) is 13.4. The predicted molar refractivity (Wildman–Crippen MR) is 70.9 cm³/mol. The summed E-state index contributed by atoms with van der Waals surface area (Å²) in [5, 5.41) is 3.83. The van der Waals surface area contributed by atoms with E-state index in [2.05, 4.69) is 32.8 Å². The largest absolute Gasteiger partial charge is 0.299 e. The molecule has 0 amide bonds. The third kappa shape index (κ3) is 4.08. The SMILES string of the molecule is CCC(C)SCc1cc(=O)n(CC(C)C)[nH]1. The minimum absolute atomic E-state index is 0.0912. The van der Waals surface area contributed by atoms with E-state index in [9.17, 15) is 4.79 Å². The summed E-state index contributed by atoms with van der Waals surface area (Å²) in [5.41, 5.74) is 1.13. The molecule has 16 heavy (non-hydrogen) atoms. The van der Waals surface area contributed by atoms with E-state index in [4.69, 9.17) is 0 Å². The zero-order valence-corrected chi connectivity index (χ0v) is 11.4. The number of rotatable bonds is 6. The van der Waals surface area contributed by atoms with E-state index in [1.54, 1.807) is 10.7 Å². The number of thioether (sulfide) groups is 1. The highest BCUT2D eigenvalue weighted by atomic mass is 32.2. The van der Waals surface area contributed by atoms with E-state index in [0.29, 0.717) is 11.2 Å². The van der Waals surface area contributed by atoms with Crippen molar-refractivity contribution in [2.75, 3.05) is 0 Å². The fraction of sp³-hybridized carbons (Fsp3) is 0.750. The molecule has 92 valence electrons. The molecule has 0 fully saturated rings. The maximum atomic E-state index is 11.6. The minimum Gasteiger partial charge on any atom is -0.299 e. The van der Waals surface area contributed by atoms with Gasteiger partial charge in [-0.1, -0.05) is 27.7 Å². The molecule has 3 nitrogen and oxygen atoms in total. The van der Waals surface area contributed by atoms with Gasteiger partial charge in [-0.15, -0.1) is 0 Å². The fourth-order valence-electron chi connectivity index (χ4n) is 1.41. The first-order valence-electron chi connectivity index (χ1n) is 5.93.